The number of benzene rings is 2. The Bertz CT molecular complexity index is 1050. The standard InChI is InChI=1S/C25H23F3N2O/c1-31-22-12-10-19(15-21(22)26)17-6-3-16(4-7-17)5-8-18-9-11-20(24(28)23(18)27)25-29-13-2-14-30-25/h2-4,6-7,9-10,12-15,20,23-24H,5,8,11H2,1H3. The van der Waals surface area contributed by atoms with Crippen molar-refractivity contribution in [3.63, 3.8) is 0 Å². The lowest BCUT2D eigenvalue weighted by Crippen LogP contribution is -2.31. The van der Waals surface area contributed by atoms with Gasteiger partial charge in [-0.1, -0.05) is 36.4 Å². The number of nitrogens with zero attached hydrogens (tertiary/aromatic N) is 2. The Balaban J connectivity index is 1.40. The molecule has 0 saturated carbocycles. The molecule has 3 aromatic rings. The number of halogens is 3. The summed E-state index contributed by atoms with van der Waals surface area (Å²) in [7, 11) is 1.43. The lowest BCUT2D eigenvalue weighted by molar-refractivity contribution is 0.149. The fraction of sp³-hybridized carbons (Fsp3) is 0.280. The van der Waals surface area contributed by atoms with Crippen LogP contribution in [0.4, 0.5) is 13.2 Å². The van der Waals surface area contributed by atoms with E-state index in [9.17, 15) is 13.2 Å². The van der Waals surface area contributed by atoms with Crippen LogP contribution in [-0.4, -0.2) is 29.4 Å². The largest absolute Gasteiger partial charge is 0.494 e. The average Bonchev–Trinajstić information content (AvgIpc) is 2.81. The quantitative estimate of drug-likeness (QED) is 0.454. The Morgan fingerprint density at radius 1 is 0.968 bits per heavy atom. The van der Waals surface area contributed by atoms with E-state index in [0.717, 1.165) is 16.7 Å². The van der Waals surface area contributed by atoms with Crippen molar-refractivity contribution in [2.45, 2.75) is 37.5 Å². The molecule has 3 nitrogen and oxygen atoms in total. The Hall–Kier alpha value is -3.15. The normalized spacial score (nSPS) is 20.9. The molecule has 6 heteroatoms. The number of allylic oxidation sites excluding steroid dienone is 2. The van der Waals surface area contributed by atoms with Crippen molar-refractivity contribution < 1.29 is 17.9 Å². The maximum absolute atomic E-state index is 14.7. The van der Waals surface area contributed by atoms with Gasteiger partial charge in [0.25, 0.3) is 0 Å². The first-order valence-electron chi connectivity index (χ1n) is 10.2. The monoisotopic (exact) mass is 424 g/mol. The van der Waals surface area contributed by atoms with E-state index in [1.807, 2.05) is 24.3 Å². The van der Waals surface area contributed by atoms with Crippen molar-refractivity contribution in [3.05, 3.63) is 89.8 Å². The summed E-state index contributed by atoms with van der Waals surface area (Å²) in [4.78, 5) is 8.15. The molecular formula is C25H23F3N2O. The van der Waals surface area contributed by atoms with Gasteiger partial charge in [0.2, 0.25) is 0 Å². The van der Waals surface area contributed by atoms with Crippen molar-refractivity contribution in [3.8, 4) is 16.9 Å². The highest BCUT2D eigenvalue weighted by Gasteiger charge is 2.37. The predicted octanol–water partition coefficient (Wildman–Crippen LogP) is 6.01. The lowest BCUT2D eigenvalue weighted by Gasteiger charge is -2.28. The maximum Gasteiger partial charge on any atom is 0.165 e. The number of hydrogen-bond donors (Lipinski definition) is 0. The Labute approximate surface area is 179 Å². The van der Waals surface area contributed by atoms with Crippen LogP contribution in [-0.2, 0) is 6.42 Å². The van der Waals surface area contributed by atoms with E-state index >= 15 is 0 Å². The van der Waals surface area contributed by atoms with Gasteiger partial charge in [0.15, 0.2) is 17.7 Å². The molecule has 0 spiro atoms. The molecule has 0 N–H and O–H groups in total. The van der Waals surface area contributed by atoms with Gasteiger partial charge in [-0.25, -0.2) is 23.1 Å². The van der Waals surface area contributed by atoms with Crippen LogP contribution in [0.25, 0.3) is 11.1 Å². The first-order chi connectivity index (χ1) is 15.1. The Morgan fingerprint density at radius 3 is 2.35 bits per heavy atom. The van der Waals surface area contributed by atoms with Crippen molar-refractivity contribution in [1.29, 1.82) is 0 Å². The van der Waals surface area contributed by atoms with Crippen LogP contribution in [0.1, 0.15) is 30.1 Å². The molecule has 1 aromatic heterocycles. The van der Waals surface area contributed by atoms with Gasteiger partial charge in [0, 0.05) is 12.4 Å². The Morgan fingerprint density at radius 2 is 1.68 bits per heavy atom. The topological polar surface area (TPSA) is 35.0 Å². The summed E-state index contributed by atoms with van der Waals surface area (Å²) >= 11 is 0. The lowest BCUT2D eigenvalue weighted by atomic mass is 9.83. The van der Waals surface area contributed by atoms with Crippen LogP contribution in [0.15, 0.2) is 72.6 Å². The second-order valence-electron chi connectivity index (χ2n) is 7.62. The number of ether oxygens (including phenoxy) is 1. The van der Waals surface area contributed by atoms with E-state index in [1.54, 1.807) is 36.7 Å². The minimum atomic E-state index is -1.65. The highest BCUT2D eigenvalue weighted by Crippen LogP contribution is 2.36. The van der Waals surface area contributed by atoms with Gasteiger partial charge in [-0.2, -0.15) is 0 Å². The molecule has 0 radical (unpaired) electrons. The van der Waals surface area contributed by atoms with Crippen LogP contribution in [0.2, 0.25) is 0 Å². The SMILES string of the molecule is COc1ccc(-c2ccc(CCC3=CCC(c4ncccn4)C(F)C3F)cc2)cc1F. The summed E-state index contributed by atoms with van der Waals surface area (Å²) in [6.45, 7) is 0. The predicted molar refractivity (Wildman–Crippen MR) is 114 cm³/mol. The van der Waals surface area contributed by atoms with Gasteiger partial charge in [-0.05, 0) is 59.7 Å². The second-order valence-corrected chi connectivity index (χ2v) is 7.62. The van der Waals surface area contributed by atoms with Crippen molar-refractivity contribution >= 4 is 0 Å². The molecule has 160 valence electrons. The van der Waals surface area contributed by atoms with Crippen molar-refractivity contribution in [2.75, 3.05) is 7.11 Å². The van der Waals surface area contributed by atoms with E-state index in [2.05, 4.69) is 9.97 Å². The highest BCUT2D eigenvalue weighted by atomic mass is 19.2. The summed E-state index contributed by atoms with van der Waals surface area (Å²) in [5.41, 5.74) is 3.12. The van der Waals surface area contributed by atoms with Gasteiger partial charge in [-0.3, -0.25) is 0 Å². The molecule has 1 aliphatic rings. The fourth-order valence-corrected chi connectivity index (χ4v) is 3.92. The first kappa shape index (κ1) is 21.1. The molecule has 1 aliphatic carbocycles. The number of alkyl halides is 2. The molecule has 0 amide bonds. The second kappa shape index (κ2) is 9.33. The summed E-state index contributed by atoms with van der Waals surface area (Å²) in [5, 5.41) is 0. The highest BCUT2D eigenvalue weighted by molar-refractivity contribution is 5.64. The van der Waals surface area contributed by atoms with Crippen LogP contribution in [0.3, 0.4) is 0 Å². The average molecular weight is 424 g/mol. The minimum absolute atomic E-state index is 0.203. The third kappa shape index (κ3) is 4.63. The molecule has 1 heterocycles. The molecule has 0 bridgehead atoms. The molecule has 2 aromatic carbocycles. The molecule has 4 rings (SSSR count). The number of hydrogen-bond acceptors (Lipinski definition) is 3. The first-order valence-corrected chi connectivity index (χ1v) is 10.2. The summed E-state index contributed by atoms with van der Waals surface area (Å²) in [5.74, 6) is -0.515. The zero-order chi connectivity index (χ0) is 21.8. The number of rotatable bonds is 6. The summed E-state index contributed by atoms with van der Waals surface area (Å²) < 4.78 is 48.3. The molecular weight excluding hydrogens is 401 g/mol. The maximum atomic E-state index is 14.7. The molecule has 0 saturated heterocycles. The Kier molecular flexibility index (Phi) is 6.35. The van der Waals surface area contributed by atoms with Crippen molar-refractivity contribution in [1.82, 2.24) is 9.97 Å². The number of methoxy groups -OCH3 is 1. The molecule has 31 heavy (non-hydrogen) atoms. The van der Waals surface area contributed by atoms with Gasteiger partial charge in [0.05, 0.1) is 13.0 Å². The fourth-order valence-electron chi connectivity index (χ4n) is 3.92. The van der Waals surface area contributed by atoms with E-state index in [4.69, 9.17) is 4.74 Å². The summed E-state index contributed by atoms with van der Waals surface area (Å²) in [6.07, 6.45) is 3.03. The van der Waals surface area contributed by atoms with Gasteiger partial charge >= 0.3 is 0 Å². The van der Waals surface area contributed by atoms with Crippen LogP contribution >= 0.6 is 0 Å². The molecule has 3 unspecified atom stereocenters. The zero-order valence-electron chi connectivity index (χ0n) is 17.1. The molecule has 3 atom stereocenters. The van der Waals surface area contributed by atoms with E-state index < -0.39 is 24.1 Å². The number of aryl methyl sites for hydroxylation is 1. The van der Waals surface area contributed by atoms with Crippen LogP contribution in [0, 0.1) is 5.82 Å². The third-order valence-corrected chi connectivity index (χ3v) is 5.71. The van der Waals surface area contributed by atoms with Gasteiger partial charge in [-0.15, -0.1) is 0 Å². The minimum Gasteiger partial charge on any atom is -0.494 e. The van der Waals surface area contributed by atoms with Crippen molar-refractivity contribution in [2.24, 2.45) is 0 Å². The van der Waals surface area contributed by atoms with Gasteiger partial charge < -0.3 is 4.74 Å². The number of aromatic nitrogens is 2. The molecule has 0 aliphatic heterocycles. The van der Waals surface area contributed by atoms with E-state index in [-0.39, 0.29) is 5.75 Å². The van der Waals surface area contributed by atoms with E-state index in [0.29, 0.717) is 30.7 Å². The zero-order valence-corrected chi connectivity index (χ0v) is 17.1. The third-order valence-electron chi connectivity index (χ3n) is 5.71. The van der Waals surface area contributed by atoms with Crippen LogP contribution < -0.4 is 4.74 Å². The van der Waals surface area contributed by atoms with Gasteiger partial charge in [0.1, 0.15) is 12.0 Å². The van der Waals surface area contributed by atoms with Crippen LogP contribution in [0.5, 0.6) is 5.75 Å². The summed E-state index contributed by atoms with van der Waals surface area (Å²) in [6, 6.07) is 14.2. The molecule has 0 fully saturated rings. The van der Waals surface area contributed by atoms with E-state index in [1.165, 1.54) is 13.2 Å². The smallest absolute Gasteiger partial charge is 0.165 e.